The second-order valence-corrected chi connectivity index (χ2v) is 11.8. The van der Waals surface area contributed by atoms with E-state index in [0.29, 0.717) is 62.8 Å². The van der Waals surface area contributed by atoms with E-state index in [0.717, 1.165) is 25.7 Å². The number of ether oxygens (including phenoxy) is 4. The van der Waals surface area contributed by atoms with Gasteiger partial charge in [0.1, 0.15) is 11.2 Å². The number of nitrogens with zero attached hydrogens (tertiary/aromatic N) is 1. The van der Waals surface area contributed by atoms with Gasteiger partial charge in [-0.25, -0.2) is 19.2 Å². The molecule has 10 nitrogen and oxygen atoms in total. The Bertz CT molecular complexity index is 827. The molecule has 0 fully saturated rings. The SMILES string of the molecule is C=C(C)C(=O)OCCCCC(C)(CCCCOC(=O)C(=C)C)OC(=O)NCCCCCCN(C)C(=O)OC(C)(C)C. The smallest absolute Gasteiger partial charge is 0.410 e. The first-order valence-corrected chi connectivity index (χ1v) is 14.6. The Balaban J connectivity index is 4.50. The number of unbranched alkanes of at least 4 members (excludes halogenated alkanes) is 5. The summed E-state index contributed by atoms with van der Waals surface area (Å²) in [5.74, 6) is -0.828. The maximum absolute atomic E-state index is 12.6. The lowest BCUT2D eigenvalue weighted by molar-refractivity contribution is -0.139. The summed E-state index contributed by atoms with van der Waals surface area (Å²) in [6, 6.07) is 0. The molecule has 0 aromatic carbocycles. The van der Waals surface area contributed by atoms with E-state index in [1.807, 2.05) is 27.7 Å². The van der Waals surface area contributed by atoms with Crippen molar-refractivity contribution in [2.45, 2.75) is 117 Å². The zero-order valence-electron chi connectivity index (χ0n) is 26.5. The van der Waals surface area contributed by atoms with Gasteiger partial charge < -0.3 is 29.2 Å². The number of esters is 2. The normalized spacial score (nSPS) is 11.3. The van der Waals surface area contributed by atoms with Gasteiger partial charge in [-0.3, -0.25) is 0 Å². The molecule has 1 N–H and O–H groups in total. The lowest BCUT2D eigenvalue weighted by atomic mass is 9.92. The Morgan fingerprint density at radius 1 is 0.707 bits per heavy atom. The molecule has 2 amide bonds. The second kappa shape index (κ2) is 19.9. The molecule has 0 aliphatic heterocycles. The Kier molecular flexibility index (Phi) is 18.5. The van der Waals surface area contributed by atoms with Crippen LogP contribution in [0.3, 0.4) is 0 Å². The third-order valence-electron chi connectivity index (χ3n) is 6.10. The van der Waals surface area contributed by atoms with Crippen LogP contribution in [0.1, 0.15) is 106 Å². The summed E-state index contributed by atoms with van der Waals surface area (Å²) in [5.41, 5.74) is -0.515. The van der Waals surface area contributed by atoms with E-state index >= 15 is 0 Å². The summed E-state index contributed by atoms with van der Waals surface area (Å²) in [6.07, 6.45) is 6.56. The predicted octanol–water partition coefficient (Wildman–Crippen LogP) is 6.48. The van der Waals surface area contributed by atoms with E-state index in [4.69, 9.17) is 18.9 Å². The van der Waals surface area contributed by atoms with Crippen molar-refractivity contribution in [1.29, 1.82) is 0 Å². The third kappa shape index (κ3) is 20.5. The number of amides is 2. The lowest BCUT2D eigenvalue weighted by Gasteiger charge is -2.30. The maximum atomic E-state index is 12.6. The van der Waals surface area contributed by atoms with E-state index in [-0.39, 0.29) is 19.3 Å². The van der Waals surface area contributed by atoms with E-state index in [9.17, 15) is 19.2 Å². The van der Waals surface area contributed by atoms with Gasteiger partial charge in [0.2, 0.25) is 0 Å². The van der Waals surface area contributed by atoms with Gasteiger partial charge in [0, 0.05) is 31.3 Å². The number of carbonyl (C=O) groups is 4. The average molecular weight is 583 g/mol. The summed E-state index contributed by atoms with van der Waals surface area (Å²) in [5, 5.41) is 2.84. The first-order chi connectivity index (χ1) is 19.1. The minimum absolute atomic E-state index is 0.276. The van der Waals surface area contributed by atoms with Crippen LogP contribution in [-0.2, 0) is 28.5 Å². The van der Waals surface area contributed by atoms with Crippen LogP contribution in [0.15, 0.2) is 24.3 Å². The fraction of sp³-hybridized carbons (Fsp3) is 0.742. The molecule has 0 atom stereocenters. The predicted molar refractivity (Wildman–Crippen MR) is 159 cm³/mol. The van der Waals surface area contributed by atoms with Gasteiger partial charge in [-0.05, 0) is 92.9 Å². The fourth-order valence-electron chi connectivity index (χ4n) is 3.71. The molecule has 0 saturated carbocycles. The largest absolute Gasteiger partial charge is 0.462 e. The number of rotatable bonds is 20. The quantitative estimate of drug-likeness (QED) is 0.0750. The molecule has 0 unspecified atom stereocenters. The molecule has 0 aromatic heterocycles. The Morgan fingerprint density at radius 2 is 1.20 bits per heavy atom. The monoisotopic (exact) mass is 582 g/mol. The molecule has 0 aliphatic carbocycles. The van der Waals surface area contributed by atoms with E-state index in [2.05, 4.69) is 18.5 Å². The van der Waals surface area contributed by atoms with Crippen molar-refractivity contribution in [2.24, 2.45) is 0 Å². The number of carbonyl (C=O) groups excluding carboxylic acids is 4. The van der Waals surface area contributed by atoms with E-state index in [1.54, 1.807) is 25.8 Å². The van der Waals surface area contributed by atoms with E-state index < -0.39 is 29.2 Å². The minimum Gasteiger partial charge on any atom is -0.462 e. The molecule has 0 radical (unpaired) electrons. The second-order valence-electron chi connectivity index (χ2n) is 11.8. The Hall–Kier alpha value is -3.04. The van der Waals surface area contributed by atoms with Crippen LogP contribution in [0.25, 0.3) is 0 Å². The number of alkyl carbamates (subject to hydrolysis) is 1. The standard InChI is InChI=1S/C31H54N2O8/c1-24(2)26(34)38-22-16-12-18-31(8,19-13-17-23-39-27(35)25(3)4)40-28(36)32-20-14-10-11-15-21-33(9)29(37)41-30(5,6)7/h1,3,10-23H2,2,4-9H3,(H,32,36). The van der Waals surface area contributed by atoms with Crippen LogP contribution in [0.5, 0.6) is 0 Å². The highest BCUT2D eigenvalue weighted by molar-refractivity contribution is 5.87. The Morgan fingerprint density at radius 3 is 1.66 bits per heavy atom. The summed E-state index contributed by atoms with van der Waals surface area (Å²) < 4.78 is 21.5. The third-order valence-corrected chi connectivity index (χ3v) is 6.10. The van der Waals surface area contributed by atoms with Crippen molar-refractivity contribution >= 4 is 24.1 Å². The average Bonchev–Trinajstić information content (AvgIpc) is 2.86. The Labute approximate surface area is 247 Å². The van der Waals surface area contributed by atoms with Gasteiger partial charge >= 0.3 is 24.1 Å². The topological polar surface area (TPSA) is 120 Å². The summed E-state index contributed by atoms with van der Waals surface area (Å²) in [4.78, 5) is 49.3. The summed E-state index contributed by atoms with van der Waals surface area (Å²) >= 11 is 0. The van der Waals surface area contributed by atoms with Crippen LogP contribution in [0.4, 0.5) is 9.59 Å². The highest BCUT2D eigenvalue weighted by Crippen LogP contribution is 2.26. The molecule has 0 aliphatic rings. The number of nitrogens with one attached hydrogen (secondary N) is 1. The van der Waals surface area contributed by atoms with Gasteiger partial charge in [-0.1, -0.05) is 26.0 Å². The highest BCUT2D eigenvalue weighted by atomic mass is 16.6. The minimum atomic E-state index is -0.715. The maximum Gasteiger partial charge on any atom is 0.410 e. The van der Waals surface area contributed by atoms with Crippen LogP contribution in [0, 0.1) is 0 Å². The summed E-state index contributed by atoms with van der Waals surface area (Å²) in [6.45, 7) is 19.4. The molecule has 10 heteroatoms. The highest BCUT2D eigenvalue weighted by Gasteiger charge is 2.28. The molecule has 0 saturated heterocycles. The van der Waals surface area contributed by atoms with Crippen molar-refractivity contribution in [2.75, 3.05) is 33.4 Å². The molecule has 0 spiro atoms. The van der Waals surface area contributed by atoms with E-state index in [1.165, 1.54) is 0 Å². The van der Waals surface area contributed by atoms with Crippen LogP contribution in [0.2, 0.25) is 0 Å². The van der Waals surface area contributed by atoms with Crippen molar-refractivity contribution in [1.82, 2.24) is 10.2 Å². The zero-order valence-corrected chi connectivity index (χ0v) is 26.5. The van der Waals surface area contributed by atoms with Crippen molar-refractivity contribution in [3.63, 3.8) is 0 Å². The number of hydrogen-bond acceptors (Lipinski definition) is 8. The van der Waals surface area contributed by atoms with Gasteiger partial charge in [-0.2, -0.15) is 0 Å². The number of hydrogen-bond donors (Lipinski definition) is 1. The molecule has 41 heavy (non-hydrogen) atoms. The van der Waals surface area contributed by atoms with Gasteiger partial charge in [0.15, 0.2) is 0 Å². The molecule has 0 aromatic rings. The molecule has 0 rings (SSSR count). The van der Waals surface area contributed by atoms with Crippen molar-refractivity contribution in [3.8, 4) is 0 Å². The first kappa shape index (κ1) is 38.0. The molecule has 0 heterocycles. The van der Waals surface area contributed by atoms with Crippen LogP contribution >= 0.6 is 0 Å². The van der Waals surface area contributed by atoms with Crippen LogP contribution < -0.4 is 5.32 Å². The van der Waals surface area contributed by atoms with Gasteiger partial charge in [-0.15, -0.1) is 0 Å². The van der Waals surface area contributed by atoms with Gasteiger partial charge in [0.25, 0.3) is 0 Å². The van der Waals surface area contributed by atoms with Crippen LogP contribution in [-0.4, -0.2) is 73.6 Å². The molecular formula is C31H54N2O8. The van der Waals surface area contributed by atoms with Gasteiger partial charge in [0.05, 0.1) is 13.2 Å². The molecule has 236 valence electrons. The van der Waals surface area contributed by atoms with Crippen molar-refractivity contribution < 1.29 is 38.1 Å². The lowest BCUT2D eigenvalue weighted by Crippen LogP contribution is -2.37. The summed E-state index contributed by atoms with van der Waals surface area (Å²) in [7, 11) is 1.73. The molecular weight excluding hydrogens is 528 g/mol. The van der Waals surface area contributed by atoms with Crippen molar-refractivity contribution in [3.05, 3.63) is 24.3 Å². The zero-order chi connectivity index (χ0) is 31.5. The molecule has 0 bridgehead atoms. The fourth-order valence-corrected chi connectivity index (χ4v) is 3.71. The first-order valence-electron chi connectivity index (χ1n) is 14.6.